The van der Waals surface area contributed by atoms with Gasteiger partial charge in [-0.05, 0) is 36.4 Å². The summed E-state index contributed by atoms with van der Waals surface area (Å²) in [6.07, 6.45) is 0. The number of halogens is 1. The third kappa shape index (κ3) is 4.56. The first-order valence-corrected chi connectivity index (χ1v) is 9.42. The highest BCUT2D eigenvalue weighted by Crippen LogP contribution is 2.13. The molecule has 1 aliphatic rings. The Morgan fingerprint density at radius 3 is 2.48 bits per heavy atom. The number of aromatic nitrogens is 4. The van der Waals surface area contributed by atoms with E-state index in [1.807, 2.05) is 0 Å². The summed E-state index contributed by atoms with van der Waals surface area (Å²) in [6, 6.07) is 15.0. The van der Waals surface area contributed by atoms with Crippen LogP contribution in [0.3, 0.4) is 0 Å². The fraction of sp³-hybridized carbons (Fsp3) is 0.350. The van der Waals surface area contributed by atoms with Gasteiger partial charge in [0.1, 0.15) is 38.5 Å². The predicted octanol–water partition coefficient (Wildman–Crippen LogP) is -0.271. The number of nitrogens with zero attached hydrogens (tertiary/aromatic N) is 4. The quantitative estimate of drug-likeness (QED) is 0.652. The molecule has 1 fully saturated rings. The Labute approximate surface area is 158 Å². The number of quaternary nitrogens is 2. The number of tetrazole rings is 1. The molecule has 1 aromatic heterocycles. The third-order valence-corrected chi connectivity index (χ3v) is 5.12. The Morgan fingerprint density at radius 1 is 1.00 bits per heavy atom. The lowest BCUT2D eigenvalue weighted by Crippen LogP contribution is -3.27. The van der Waals surface area contributed by atoms with Crippen LogP contribution < -0.4 is 9.80 Å². The van der Waals surface area contributed by atoms with Gasteiger partial charge in [-0.1, -0.05) is 29.8 Å². The van der Waals surface area contributed by atoms with Crippen molar-refractivity contribution in [1.29, 1.82) is 0 Å². The zero-order chi connectivity index (χ0) is 18.6. The lowest BCUT2D eigenvalue weighted by Gasteiger charge is -2.29. The lowest BCUT2D eigenvalue weighted by molar-refractivity contribution is -1.03. The highest BCUT2D eigenvalue weighted by atomic mass is 19.1. The molecule has 2 aromatic carbocycles. The third-order valence-electron chi connectivity index (χ3n) is 5.12. The molecule has 3 aromatic rings. The molecule has 1 saturated heterocycles. The van der Waals surface area contributed by atoms with Crippen LogP contribution in [0.1, 0.15) is 11.1 Å². The largest absolute Gasteiger partial charge is 0.322 e. The minimum atomic E-state index is -0.262. The van der Waals surface area contributed by atoms with Gasteiger partial charge < -0.3 is 9.80 Å². The highest BCUT2D eigenvalue weighted by Gasteiger charge is 2.24. The van der Waals surface area contributed by atoms with Crippen LogP contribution >= 0.6 is 0 Å². The molecule has 0 spiro atoms. The Hall–Kier alpha value is -2.64. The normalized spacial score (nSPS) is 19.9. The van der Waals surface area contributed by atoms with Crippen LogP contribution in [-0.4, -0.2) is 46.4 Å². The second-order valence-corrected chi connectivity index (χ2v) is 7.32. The first-order chi connectivity index (χ1) is 13.2. The molecule has 2 heterocycles. The fourth-order valence-electron chi connectivity index (χ4n) is 3.63. The van der Waals surface area contributed by atoms with E-state index in [4.69, 9.17) is 0 Å². The second kappa shape index (κ2) is 7.94. The van der Waals surface area contributed by atoms with Crippen LogP contribution in [0.2, 0.25) is 0 Å². The molecular weight excluding hydrogens is 343 g/mol. The molecule has 0 radical (unpaired) electrons. The number of benzene rings is 2. The molecule has 0 unspecified atom stereocenters. The van der Waals surface area contributed by atoms with Crippen molar-refractivity contribution in [3.8, 4) is 11.4 Å². The molecule has 0 bridgehead atoms. The van der Waals surface area contributed by atoms with Gasteiger partial charge in [0.2, 0.25) is 5.82 Å². The Bertz CT molecular complexity index is 883. The van der Waals surface area contributed by atoms with Crippen LogP contribution in [0.4, 0.5) is 4.39 Å². The van der Waals surface area contributed by atoms with Crippen LogP contribution in [0.25, 0.3) is 11.4 Å². The molecule has 1 aliphatic heterocycles. The van der Waals surface area contributed by atoms with Gasteiger partial charge in [0.15, 0.2) is 6.67 Å². The van der Waals surface area contributed by atoms with E-state index >= 15 is 0 Å². The van der Waals surface area contributed by atoms with Gasteiger partial charge in [-0.15, -0.1) is 15.0 Å². The summed E-state index contributed by atoms with van der Waals surface area (Å²) in [5, 5.41) is 12.7. The zero-order valence-corrected chi connectivity index (χ0v) is 15.5. The number of aryl methyl sites for hydroxylation is 1. The molecule has 0 amide bonds. The van der Waals surface area contributed by atoms with Crippen molar-refractivity contribution in [1.82, 2.24) is 20.2 Å². The molecule has 0 atom stereocenters. The molecule has 4 rings (SSSR count). The number of nitrogens with one attached hydrogen (secondary N) is 2. The maximum atomic E-state index is 13.0. The van der Waals surface area contributed by atoms with Crippen molar-refractivity contribution in [2.45, 2.75) is 20.1 Å². The molecule has 7 heteroatoms. The topological polar surface area (TPSA) is 52.5 Å². The van der Waals surface area contributed by atoms with Crippen molar-refractivity contribution in [3.63, 3.8) is 0 Å². The smallest absolute Gasteiger partial charge is 0.205 e. The molecule has 0 aliphatic carbocycles. The minimum absolute atomic E-state index is 0.262. The van der Waals surface area contributed by atoms with Gasteiger partial charge in [-0.25, -0.2) is 4.39 Å². The highest BCUT2D eigenvalue weighted by molar-refractivity contribution is 5.53. The first-order valence-electron chi connectivity index (χ1n) is 9.42. The summed E-state index contributed by atoms with van der Waals surface area (Å²) in [4.78, 5) is 4.74. The first kappa shape index (κ1) is 17.8. The molecular formula is C20H25FN6+2. The van der Waals surface area contributed by atoms with Gasteiger partial charge in [-0.2, -0.15) is 0 Å². The molecule has 2 N–H and O–H groups in total. The van der Waals surface area contributed by atoms with Gasteiger partial charge in [0.25, 0.3) is 0 Å². The van der Waals surface area contributed by atoms with E-state index in [1.54, 1.807) is 21.8 Å². The van der Waals surface area contributed by atoms with Crippen molar-refractivity contribution in [2.24, 2.45) is 0 Å². The average Bonchev–Trinajstić information content (AvgIpc) is 3.12. The summed E-state index contributed by atoms with van der Waals surface area (Å²) in [5.74, 6) is 0.278. The Morgan fingerprint density at radius 2 is 1.74 bits per heavy atom. The van der Waals surface area contributed by atoms with E-state index < -0.39 is 0 Å². The van der Waals surface area contributed by atoms with E-state index in [2.05, 4.69) is 46.6 Å². The van der Waals surface area contributed by atoms with Crippen LogP contribution in [0.15, 0.2) is 48.5 Å². The predicted molar refractivity (Wildman–Crippen MR) is 99.5 cm³/mol. The Kier molecular flexibility index (Phi) is 5.22. The second-order valence-electron chi connectivity index (χ2n) is 7.32. The van der Waals surface area contributed by atoms with Crippen molar-refractivity contribution in [2.75, 3.05) is 26.2 Å². The van der Waals surface area contributed by atoms with Crippen LogP contribution in [0.5, 0.6) is 0 Å². The van der Waals surface area contributed by atoms with E-state index in [0.717, 1.165) is 38.3 Å². The number of hydrogen-bond donors (Lipinski definition) is 2. The summed E-state index contributed by atoms with van der Waals surface area (Å²) in [7, 11) is 0. The SMILES string of the molecule is Cc1cccc(C[NH+]2CC[NH+](Cn3nnc(-c4ccc(F)cc4)n3)CC2)c1. The van der Waals surface area contributed by atoms with Crippen molar-refractivity contribution in [3.05, 3.63) is 65.5 Å². The van der Waals surface area contributed by atoms with E-state index in [1.165, 1.54) is 28.2 Å². The maximum absolute atomic E-state index is 13.0. The summed E-state index contributed by atoms with van der Waals surface area (Å²) in [6.45, 7) is 8.41. The van der Waals surface area contributed by atoms with E-state index in [-0.39, 0.29) is 5.82 Å². The zero-order valence-electron chi connectivity index (χ0n) is 15.5. The van der Waals surface area contributed by atoms with Gasteiger partial charge in [0, 0.05) is 11.1 Å². The van der Waals surface area contributed by atoms with Crippen LogP contribution in [0, 0.1) is 12.7 Å². The van der Waals surface area contributed by atoms with Gasteiger partial charge >= 0.3 is 0 Å². The standard InChI is InChI=1S/C20H23FN6/c1-16-3-2-4-17(13-16)14-25-9-11-26(12-10-25)15-27-23-20(22-24-27)18-5-7-19(21)8-6-18/h2-8,13H,9-12,14-15H2,1H3/p+2. The van der Waals surface area contributed by atoms with Gasteiger partial charge in [-0.3, -0.25) is 0 Å². The summed E-state index contributed by atoms with van der Waals surface area (Å²) in [5.41, 5.74) is 3.52. The molecule has 0 saturated carbocycles. The monoisotopic (exact) mass is 368 g/mol. The fourth-order valence-corrected chi connectivity index (χ4v) is 3.63. The van der Waals surface area contributed by atoms with Gasteiger partial charge in [0.05, 0.1) is 0 Å². The molecule has 140 valence electrons. The van der Waals surface area contributed by atoms with Crippen LogP contribution in [-0.2, 0) is 13.2 Å². The number of piperazine rings is 1. The summed E-state index contributed by atoms with van der Waals surface area (Å²) < 4.78 is 13.0. The maximum Gasteiger partial charge on any atom is 0.205 e. The minimum Gasteiger partial charge on any atom is -0.322 e. The summed E-state index contributed by atoms with van der Waals surface area (Å²) >= 11 is 0. The Balaban J connectivity index is 1.30. The van der Waals surface area contributed by atoms with Crippen molar-refractivity contribution < 1.29 is 14.2 Å². The average molecular weight is 368 g/mol. The number of rotatable bonds is 5. The van der Waals surface area contributed by atoms with E-state index in [9.17, 15) is 4.39 Å². The van der Waals surface area contributed by atoms with E-state index in [0.29, 0.717) is 12.5 Å². The number of hydrogen-bond acceptors (Lipinski definition) is 3. The van der Waals surface area contributed by atoms with Crippen molar-refractivity contribution >= 4 is 0 Å². The molecule has 27 heavy (non-hydrogen) atoms. The molecule has 6 nitrogen and oxygen atoms in total. The lowest BCUT2D eigenvalue weighted by atomic mass is 10.1.